The summed E-state index contributed by atoms with van der Waals surface area (Å²) < 4.78 is 72.1. The van der Waals surface area contributed by atoms with Crippen LogP contribution in [0.1, 0.15) is 103 Å². The van der Waals surface area contributed by atoms with Gasteiger partial charge >= 0.3 is 0 Å². The van der Waals surface area contributed by atoms with Gasteiger partial charge < -0.3 is 56.8 Å². The topological polar surface area (TPSA) is 182 Å². The number of nitrogens with zero attached hydrogens (tertiary/aromatic N) is 3. The van der Waals surface area contributed by atoms with Crippen molar-refractivity contribution in [3.63, 3.8) is 0 Å². The first-order chi connectivity index (χ1) is 29.0. The van der Waals surface area contributed by atoms with Crippen LogP contribution in [-0.4, -0.2) is 154 Å². The zero-order valence-corrected chi connectivity index (χ0v) is 40.2. The second kappa shape index (κ2) is 36.3. The first-order valence-corrected chi connectivity index (χ1v) is 22.5. The van der Waals surface area contributed by atoms with Crippen LogP contribution in [0.2, 0.25) is 0 Å². The van der Waals surface area contributed by atoms with E-state index in [1.807, 2.05) is 76.2 Å². The molecule has 0 aliphatic rings. The monoisotopic (exact) mass is 872 g/mol. The van der Waals surface area contributed by atoms with Gasteiger partial charge in [0, 0.05) is 5.41 Å². The Kier molecular flexibility index (Phi) is 35.1. The average molecular weight is 872 g/mol. The molecule has 0 spiro atoms. The highest BCUT2D eigenvalue weighted by atomic mass is 16.6. The summed E-state index contributed by atoms with van der Waals surface area (Å²) in [4.78, 5) is 0. The number of nitriles is 3. The van der Waals surface area contributed by atoms with Crippen LogP contribution in [0.15, 0.2) is 0 Å². The second-order valence-electron chi connectivity index (χ2n) is 17.0. The molecule has 0 aliphatic carbocycles. The number of hydrogen-bond donors (Lipinski definition) is 0. The number of rotatable bonds is 41. The molecule has 356 valence electrons. The molecule has 15 nitrogen and oxygen atoms in total. The fourth-order valence-electron chi connectivity index (χ4n) is 5.20. The standard InChI is InChI=1S/C46H85N3O12/c1-14-45(61-29-44(13)60-26-41(10)55-21-36(5)18-49)30-52-33-46(15-2,31-50-22-37(6)56-27-42(11)58-24-39(8)53-19-34(3)16-47)32-51-23-38(7)57-28-43(12)59-25-40(9)54-20-35(4)17-48/h34-45H,14-15,19-33H2,1-13H3. The zero-order chi connectivity index (χ0) is 46.1. The molecule has 0 amide bonds. The molecule has 0 heterocycles. The van der Waals surface area contributed by atoms with Crippen molar-refractivity contribution < 1.29 is 56.8 Å². The Morgan fingerprint density at radius 1 is 0.344 bits per heavy atom. The molecule has 12 atom stereocenters. The van der Waals surface area contributed by atoms with E-state index in [0.717, 1.165) is 12.8 Å². The van der Waals surface area contributed by atoms with Crippen molar-refractivity contribution in [1.29, 1.82) is 15.8 Å². The molecule has 0 saturated heterocycles. The Labute approximate surface area is 370 Å². The van der Waals surface area contributed by atoms with Crippen LogP contribution < -0.4 is 0 Å². The summed E-state index contributed by atoms with van der Waals surface area (Å²) in [5.74, 6) is -0.478. The van der Waals surface area contributed by atoms with Crippen molar-refractivity contribution in [3.05, 3.63) is 0 Å². The van der Waals surface area contributed by atoms with Gasteiger partial charge in [-0.3, -0.25) is 0 Å². The maximum Gasteiger partial charge on any atom is 0.0807 e. The minimum absolute atomic E-state index is 0.117. The van der Waals surface area contributed by atoms with Gasteiger partial charge in [-0.2, -0.15) is 15.8 Å². The Bertz CT molecular complexity index is 1130. The summed E-state index contributed by atoms with van der Waals surface area (Å²) in [6.45, 7) is 31.3. The van der Waals surface area contributed by atoms with Crippen LogP contribution in [0.25, 0.3) is 0 Å². The van der Waals surface area contributed by atoms with Crippen LogP contribution >= 0.6 is 0 Å². The van der Waals surface area contributed by atoms with Crippen molar-refractivity contribution in [1.82, 2.24) is 0 Å². The van der Waals surface area contributed by atoms with Gasteiger partial charge in [0.05, 0.1) is 190 Å². The second-order valence-corrected chi connectivity index (χ2v) is 17.0. The summed E-state index contributed by atoms with van der Waals surface area (Å²) in [6, 6.07) is 6.52. The van der Waals surface area contributed by atoms with E-state index in [2.05, 4.69) is 32.1 Å². The fraction of sp³-hybridized carbons (Fsp3) is 0.935. The molecule has 0 N–H and O–H groups in total. The highest BCUT2D eigenvalue weighted by molar-refractivity contribution is 4.80. The lowest BCUT2D eigenvalue weighted by atomic mass is 9.88. The molecule has 0 bridgehead atoms. The summed E-state index contributed by atoms with van der Waals surface area (Å²) in [5, 5.41) is 26.9. The highest BCUT2D eigenvalue weighted by Crippen LogP contribution is 2.25. The van der Waals surface area contributed by atoms with E-state index < -0.39 is 5.41 Å². The first kappa shape index (κ1) is 59.0. The lowest BCUT2D eigenvalue weighted by Crippen LogP contribution is -2.39. The Morgan fingerprint density at radius 2 is 0.590 bits per heavy atom. The summed E-state index contributed by atoms with van der Waals surface area (Å²) in [6.07, 6.45) is 0.312. The van der Waals surface area contributed by atoms with E-state index in [4.69, 9.17) is 72.6 Å². The van der Waals surface area contributed by atoms with Gasteiger partial charge in [-0.15, -0.1) is 0 Å². The van der Waals surface area contributed by atoms with Gasteiger partial charge in [-0.05, 0) is 89.0 Å². The van der Waals surface area contributed by atoms with Gasteiger partial charge in [-0.1, -0.05) is 13.8 Å². The average Bonchev–Trinajstić information content (AvgIpc) is 3.26. The third kappa shape index (κ3) is 32.3. The Morgan fingerprint density at radius 3 is 0.852 bits per heavy atom. The molecule has 0 saturated carbocycles. The van der Waals surface area contributed by atoms with Crippen molar-refractivity contribution >= 4 is 0 Å². The molecule has 15 heteroatoms. The van der Waals surface area contributed by atoms with Crippen LogP contribution in [-0.2, 0) is 56.8 Å². The summed E-state index contributed by atoms with van der Waals surface area (Å²) >= 11 is 0. The van der Waals surface area contributed by atoms with E-state index in [1.54, 1.807) is 0 Å². The Balaban J connectivity index is 5.16. The zero-order valence-electron chi connectivity index (χ0n) is 40.2. The van der Waals surface area contributed by atoms with Crippen molar-refractivity contribution in [3.8, 4) is 18.2 Å². The van der Waals surface area contributed by atoms with Crippen LogP contribution in [0.5, 0.6) is 0 Å². The van der Waals surface area contributed by atoms with E-state index in [9.17, 15) is 0 Å². The minimum atomic E-state index is -0.432. The quantitative estimate of drug-likeness (QED) is 0.0615. The normalized spacial score (nSPS) is 18.8. The molecule has 0 aliphatic heterocycles. The smallest absolute Gasteiger partial charge is 0.0807 e. The molecule has 0 fully saturated rings. The Hall–Kier alpha value is -2.01. The minimum Gasteiger partial charge on any atom is -0.378 e. The third-order valence-corrected chi connectivity index (χ3v) is 9.64. The first-order valence-electron chi connectivity index (χ1n) is 22.5. The maximum atomic E-state index is 8.98. The lowest BCUT2D eigenvalue weighted by Gasteiger charge is -2.33. The SMILES string of the molecule is CCC(COCC(CC)(COCC(C)OCC(C)OCC(C)OCC(C)C#N)COCC(C)OCC(C)OCC(C)OCC(C)C#N)OCC(C)OCC(C)OCC(C)C#N. The fourth-order valence-corrected chi connectivity index (χ4v) is 5.20. The van der Waals surface area contributed by atoms with Crippen LogP contribution in [0, 0.1) is 57.2 Å². The van der Waals surface area contributed by atoms with Crippen molar-refractivity contribution in [2.45, 2.75) is 158 Å². The molecule has 0 rings (SSSR count). The van der Waals surface area contributed by atoms with Gasteiger partial charge in [-0.25, -0.2) is 0 Å². The van der Waals surface area contributed by atoms with Crippen molar-refractivity contribution in [2.24, 2.45) is 23.2 Å². The largest absolute Gasteiger partial charge is 0.378 e. The molecular formula is C46H85N3O12. The molecule has 0 aromatic rings. The van der Waals surface area contributed by atoms with Gasteiger partial charge in [0.2, 0.25) is 0 Å². The molecular weight excluding hydrogens is 787 g/mol. The van der Waals surface area contributed by atoms with Crippen molar-refractivity contribution in [2.75, 3.05) is 99.1 Å². The van der Waals surface area contributed by atoms with Crippen LogP contribution in [0.4, 0.5) is 0 Å². The molecule has 12 unspecified atom stereocenters. The van der Waals surface area contributed by atoms with Gasteiger partial charge in [0.1, 0.15) is 0 Å². The van der Waals surface area contributed by atoms with E-state index >= 15 is 0 Å². The highest BCUT2D eigenvalue weighted by Gasteiger charge is 2.31. The van der Waals surface area contributed by atoms with E-state index in [-0.39, 0.29) is 72.7 Å². The maximum absolute atomic E-state index is 8.98. The van der Waals surface area contributed by atoms with Gasteiger partial charge in [0.15, 0.2) is 0 Å². The van der Waals surface area contributed by atoms with E-state index in [0.29, 0.717) is 99.1 Å². The lowest BCUT2D eigenvalue weighted by molar-refractivity contribution is -0.125. The van der Waals surface area contributed by atoms with Crippen LogP contribution in [0.3, 0.4) is 0 Å². The van der Waals surface area contributed by atoms with Gasteiger partial charge in [0.25, 0.3) is 0 Å². The molecule has 61 heavy (non-hydrogen) atoms. The summed E-state index contributed by atoms with van der Waals surface area (Å²) in [7, 11) is 0. The molecule has 0 radical (unpaired) electrons. The molecule has 0 aromatic carbocycles. The van der Waals surface area contributed by atoms with E-state index in [1.165, 1.54) is 0 Å². The number of ether oxygens (including phenoxy) is 12. The predicted molar refractivity (Wildman–Crippen MR) is 233 cm³/mol. The predicted octanol–water partition coefficient (Wildman–Crippen LogP) is 6.95. The number of hydrogen-bond acceptors (Lipinski definition) is 15. The molecule has 0 aromatic heterocycles. The summed E-state index contributed by atoms with van der Waals surface area (Å²) in [5.41, 5.74) is -0.432. The third-order valence-electron chi connectivity index (χ3n) is 9.64.